The van der Waals surface area contributed by atoms with E-state index in [0.717, 1.165) is 0 Å². The van der Waals surface area contributed by atoms with Crippen LogP contribution in [-0.4, -0.2) is 17.9 Å². The molecule has 1 aromatic heterocycles. The minimum Gasteiger partial charge on any atom is -0.307 e. The number of halogens is 3. The molecule has 3 nitrogen and oxygen atoms in total. The standard InChI is InChI=1S/C13H9BrClFN2O/c1-18(12-3-2-8(14)6-10(12)16)13(19)11-7-9(15)4-5-17-11/h2-7H,1H3. The van der Waals surface area contributed by atoms with Crippen molar-refractivity contribution < 1.29 is 9.18 Å². The highest BCUT2D eigenvalue weighted by Crippen LogP contribution is 2.23. The second kappa shape index (κ2) is 5.67. The smallest absolute Gasteiger partial charge is 0.276 e. The highest BCUT2D eigenvalue weighted by Gasteiger charge is 2.18. The molecule has 2 aromatic rings. The molecule has 0 spiro atoms. The SMILES string of the molecule is CN(C(=O)c1cc(Cl)ccn1)c1ccc(Br)cc1F. The molecule has 2 rings (SSSR count). The first-order chi connectivity index (χ1) is 8.99. The van der Waals surface area contributed by atoms with Crippen LogP contribution in [0, 0.1) is 5.82 Å². The summed E-state index contributed by atoms with van der Waals surface area (Å²) in [6, 6.07) is 7.48. The molecule has 19 heavy (non-hydrogen) atoms. The van der Waals surface area contributed by atoms with Crippen molar-refractivity contribution in [2.45, 2.75) is 0 Å². The summed E-state index contributed by atoms with van der Waals surface area (Å²) < 4.78 is 14.4. The van der Waals surface area contributed by atoms with Crippen LogP contribution in [0.25, 0.3) is 0 Å². The molecule has 0 fully saturated rings. The third kappa shape index (κ3) is 3.11. The fourth-order valence-electron chi connectivity index (χ4n) is 1.56. The van der Waals surface area contributed by atoms with Crippen LogP contribution >= 0.6 is 27.5 Å². The lowest BCUT2D eigenvalue weighted by atomic mass is 10.2. The van der Waals surface area contributed by atoms with E-state index in [2.05, 4.69) is 20.9 Å². The Bertz CT molecular complexity index is 636. The van der Waals surface area contributed by atoms with E-state index in [0.29, 0.717) is 9.50 Å². The van der Waals surface area contributed by atoms with Crippen LogP contribution in [0.3, 0.4) is 0 Å². The number of amides is 1. The summed E-state index contributed by atoms with van der Waals surface area (Å²) in [5, 5.41) is 0.406. The highest BCUT2D eigenvalue weighted by atomic mass is 79.9. The summed E-state index contributed by atoms with van der Waals surface area (Å²) in [6.45, 7) is 0. The molecule has 1 aromatic carbocycles. The molecule has 0 unspecified atom stereocenters. The summed E-state index contributed by atoms with van der Waals surface area (Å²) in [5.41, 5.74) is 0.340. The zero-order valence-electron chi connectivity index (χ0n) is 9.90. The molecule has 0 radical (unpaired) electrons. The van der Waals surface area contributed by atoms with Crippen LogP contribution in [-0.2, 0) is 0 Å². The molecule has 0 N–H and O–H groups in total. The first kappa shape index (κ1) is 14.0. The number of carbonyl (C=O) groups is 1. The maximum Gasteiger partial charge on any atom is 0.276 e. The molecule has 0 aliphatic carbocycles. The van der Waals surface area contributed by atoms with Gasteiger partial charge in [-0.2, -0.15) is 0 Å². The van der Waals surface area contributed by atoms with Gasteiger partial charge < -0.3 is 4.90 Å². The number of nitrogens with zero attached hydrogens (tertiary/aromatic N) is 2. The lowest BCUT2D eigenvalue weighted by Crippen LogP contribution is -2.27. The Morgan fingerprint density at radius 1 is 1.37 bits per heavy atom. The van der Waals surface area contributed by atoms with Gasteiger partial charge in [0.25, 0.3) is 5.91 Å². The Morgan fingerprint density at radius 3 is 2.74 bits per heavy atom. The van der Waals surface area contributed by atoms with Crippen molar-refractivity contribution in [1.29, 1.82) is 0 Å². The number of rotatable bonds is 2. The van der Waals surface area contributed by atoms with Gasteiger partial charge in [-0.3, -0.25) is 9.78 Å². The van der Waals surface area contributed by atoms with Crippen molar-refractivity contribution in [2.75, 3.05) is 11.9 Å². The Kier molecular flexibility index (Phi) is 4.17. The molecule has 1 amide bonds. The number of hydrogen-bond acceptors (Lipinski definition) is 2. The monoisotopic (exact) mass is 342 g/mol. The van der Waals surface area contributed by atoms with Crippen LogP contribution < -0.4 is 4.90 Å². The number of hydrogen-bond donors (Lipinski definition) is 0. The quantitative estimate of drug-likeness (QED) is 0.828. The van der Waals surface area contributed by atoms with Crippen molar-refractivity contribution in [1.82, 2.24) is 4.98 Å². The van der Waals surface area contributed by atoms with Gasteiger partial charge in [0.1, 0.15) is 11.5 Å². The Balaban J connectivity index is 2.33. The van der Waals surface area contributed by atoms with E-state index in [-0.39, 0.29) is 11.4 Å². The maximum atomic E-state index is 13.8. The van der Waals surface area contributed by atoms with Crippen LogP contribution in [0.1, 0.15) is 10.5 Å². The topological polar surface area (TPSA) is 33.2 Å². The lowest BCUT2D eigenvalue weighted by Gasteiger charge is -2.17. The summed E-state index contributed by atoms with van der Waals surface area (Å²) in [6.07, 6.45) is 1.43. The number of carbonyl (C=O) groups excluding carboxylic acids is 1. The highest BCUT2D eigenvalue weighted by molar-refractivity contribution is 9.10. The average molecular weight is 344 g/mol. The summed E-state index contributed by atoms with van der Waals surface area (Å²) in [7, 11) is 1.48. The van der Waals surface area contributed by atoms with Crippen LogP contribution in [0.15, 0.2) is 41.0 Å². The normalized spacial score (nSPS) is 10.3. The van der Waals surface area contributed by atoms with E-state index in [1.54, 1.807) is 12.1 Å². The van der Waals surface area contributed by atoms with E-state index in [1.807, 2.05) is 0 Å². The van der Waals surface area contributed by atoms with Gasteiger partial charge in [0.05, 0.1) is 5.69 Å². The molecule has 0 aliphatic rings. The fourth-order valence-corrected chi connectivity index (χ4v) is 2.05. The third-order valence-electron chi connectivity index (χ3n) is 2.52. The van der Waals surface area contributed by atoms with Crippen molar-refractivity contribution >= 4 is 39.1 Å². The van der Waals surface area contributed by atoms with Gasteiger partial charge in [-0.25, -0.2) is 4.39 Å². The van der Waals surface area contributed by atoms with Gasteiger partial charge in [-0.1, -0.05) is 27.5 Å². The molecule has 98 valence electrons. The molecule has 0 aliphatic heterocycles. The summed E-state index contributed by atoms with van der Waals surface area (Å²) >= 11 is 8.96. The maximum absolute atomic E-state index is 13.8. The fraction of sp³-hybridized carbons (Fsp3) is 0.0769. The lowest BCUT2D eigenvalue weighted by molar-refractivity contribution is 0.0987. The van der Waals surface area contributed by atoms with E-state index < -0.39 is 11.7 Å². The second-order valence-electron chi connectivity index (χ2n) is 3.82. The molecule has 1 heterocycles. The molecular weight excluding hydrogens is 335 g/mol. The van der Waals surface area contributed by atoms with Gasteiger partial charge in [0.2, 0.25) is 0 Å². The van der Waals surface area contributed by atoms with E-state index in [9.17, 15) is 9.18 Å². The zero-order valence-corrected chi connectivity index (χ0v) is 12.2. The van der Waals surface area contributed by atoms with Crippen molar-refractivity contribution in [3.63, 3.8) is 0 Å². The third-order valence-corrected chi connectivity index (χ3v) is 3.25. The van der Waals surface area contributed by atoms with Crippen LogP contribution in [0.4, 0.5) is 10.1 Å². The molecule has 0 atom stereocenters. The summed E-state index contributed by atoms with van der Waals surface area (Å²) in [4.78, 5) is 17.3. The van der Waals surface area contributed by atoms with E-state index in [4.69, 9.17) is 11.6 Å². The number of pyridine rings is 1. The van der Waals surface area contributed by atoms with Crippen molar-refractivity contribution in [2.24, 2.45) is 0 Å². The summed E-state index contributed by atoms with van der Waals surface area (Å²) in [5.74, 6) is -0.920. The predicted octanol–water partition coefficient (Wildman–Crippen LogP) is 3.91. The minimum atomic E-state index is -0.493. The molecule has 0 saturated carbocycles. The largest absolute Gasteiger partial charge is 0.307 e. The minimum absolute atomic E-state index is 0.164. The Hall–Kier alpha value is -1.46. The molecular formula is C13H9BrClFN2O. The van der Waals surface area contributed by atoms with E-state index >= 15 is 0 Å². The number of anilines is 1. The number of benzene rings is 1. The van der Waals surface area contributed by atoms with Gasteiger partial charge in [-0.15, -0.1) is 0 Å². The molecule has 0 saturated heterocycles. The molecule has 6 heteroatoms. The first-order valence-electron chi connectivity index (χ1n) is 5.33. The average Bonchev–Trinajstić information content (AvgIpc) is 2.37. The van der Waals surface area contributed by atoms with Crippen LogP contribution in [0.5, 0.6) is 0 Å². The van der Waals surface area contributed by atoms with Gasteiger partial charge >= 0.3 is 0 Å². The predicted molar refractivity (Wildman–Crippen MR) is 76.1 cm³/mol. The second-order valence-corrected chi connectivity index (χ2v) is 5.17. The number of aromatic nitrogens is 1. The van der Waals surface area contributed by atoms with Gasteiger partial charge in [0, 0.05) is 22.7 Å². The van der Waals surface area contributed by atoms with Crippen LogP contribution in [0.2, 0.25) is 5.02 Å². The van der Waals surface area contributed by atoms with Gasteiger partial charge in [-0.05, 0) is 30.3 Å². The Morgan fingerprint density at radius 2 is 2.11 bits per heavy atom. The van der Waals surface area contributed by atoms with Crippen molar-refractivity contribution in [3.05, 3.63) is 57.5 Å². The van der Waals surface area contributed by atoms with Gasteiger partial charge in [0.15, 0.2) is 0 Å². The molecule has 0 bridgehead atoms. The van der Waals surface area contributed by atoms with E-state index in [1.165, 1.54) is 36.3 Å². The zero-order chi connectivity index (χ0) is 14.0. The van der Waals surface area contributed by atoms with Crippen molar-refractivity contribution in [3.8, 4) is 0 Å². The Labute approximate surface area is 123 Å². The first-order valence-corrected chi connectivity index (χ1v) is 6.51.